The lowest BCUT2D eigenvalue weighted by molar-refractivity contribution is 0.116. The van der Waals surface area contributed by atoms with Crippen molar-refractivity contribution in [1.29, 1.82) is 0 Å². The van der Waals surface area contributed by atoms with Gasteiger partial charge in [-0.05, 0) is 36.1 Å². The summed E-state index contributed by atoms with van der Waals surface area (Å²) >= 11 is 12.2. The van der Waals surface area contributed by atoms with Crippen molar-refractivity contribution >= 4 is 34.9 Å². The highest BCUT2D eigenvalue weighted by molar-refractivity contribution is 6.33. The number of urea groups is 1. The molecule has 39 heavy (non-hydrogen) atoms. The van der Waals surface area contributed by atoms with Crippen molar-refractivity contribution in [3.8, 4) is 11.3 Å². The number of amides is 2. The molecule has 204 valence electrons. The first kappa shape index (κ1) is 28.6. The number of pyridine rings is 1. The van der Waals surface area contributed by atoms with Crippen LogP contribution in [0.3, 0.4) is 0 Å². The van der Waals surface area contributed by atoms with Gasteiger partial charge in [-0.2, -0.15) is 0 Å². The van der Waals surface area contributed by atoms with Gasteiger partial charge in [0.2, 0.25) is 0 Å². The number of hydrogen-bond donors (Lipinski definition) is 2. The van der Waals surface area contributed by atoms with Crippen LogP contribution in [0.1, 0.15) is 44.6 Å². The minimum absolute atomic E-state index is 0.199. The normalized spacial score (nSPS) is 12.3. The van der Waals surface area contributed by atoms with Crippen LogP contribution >= 0.6 is 23.2 Å². The zero-order chi connectivity index (χ0) is 28.0. The topological polar surface area (TPSA) is 89.1 Å². The number of nitrogens with zero attached hydrogens (tertiary/aromatic N) is 4. The third-order valence-corrected chi connectivity index (χ3v) is 6.71. The Kier molecular flexibility index (Phi) is 9.28. The number of nitrogens with two attached hydrogens (primary N) is 1. The first-order chi connectivity index (χ1) is 18.7. The number of anilines is 1. The van der Waals surface area contributed by atoms with Crippen LogP contribution in [0.2, 0.25) is 10.3 Å². The van der Waals surface area contributed by atoms with E-state index in [9.17, 15) is 4.79 Å². The van der Waals surface area contributed by atoms with Gasteiger partial charge >= 0.3 is 6.03 Å². The summed E-state index contributed by atoms with van der Waals surface area (Å²) < 4.78 is 2.15. The summed E-state index contributed by atoms with van der Waals surface area (Å²) in [6.07, 6.45) is 2.70. The van der Waals surface area contributed by atoms with Crippen LogP contribution < -0.4 is 11.1 Å². The minimum atomic E-state index is -0.377. The Morgan fingerprint density at radius 3 is 2.21 bits per heavy atom. The van der Waals surface area contributed by atoms with E-state index in [1.807, 2.05) is 53.4 Å². The first-order valence-corrected chi connectivity index (χ1v) is 13.7. The molecule has 2 heterocycles. The van der Waals surface area contributed by atoms with E-state index in [2.05, 4.69) is 54.0 Å². The molecule has 2 aromatic heterocycles. The lowest BCUT2D eigenvalue weighted by Gasteiger charge is -2.40. The third-order valence-electron chi connectivity index (χ3n) is 6.33. The van der Waals surface area contributed by atoms with E-state index in [4.69, 9.17) is 33.9 Å². The fourth-order valence-electron chi connectivity index (χ4n) is 4.64. The molecule has 4 rings (SSSR count). The average molecular weight is 566 g/mol. The summed E-state index contributed by atoms with van der Waals surface area (Å²) in [4.78, 5) is 24.8. The number of carbonyl (C=O) groups excluding carboxylic acids is 1. The lowest BCUT2D eigenvalue weighted by Crippen LogP contribution is -2.45. The number of imidazole rings is 1. The number of hydrogen-bond acceptors (Lipinski definition) is 4. The average Bonchev–Trinajstić information content (AvgIpc) is 3.29. The zero-order valence-electron chi connectivity index (χ0n) is 22.4. The minimum Gasteiger partial charge on any atom is -0.330 e. The molecule has 0 saturated heterocycles. The molecule has 0 aliphatic heterocycles. The number of halogens is 2. The van der Waals surface area contributed by atoms with Gasteiger partial charge in [-0.25, -0.2) is 14.8 Å². The Balaban J connectivity index is 1.81. The number of nitrogens with one attached hydrogen (secondary N) is 1. The van der Waals surface area contributed by atoms with Gasteiger partial charge in [-0.1, -0.05) is 105 Å². The number of benzene rings is 2. The summed E-state index contributed by atoms with van der Waals surface area (Å²) in [5.74, 6) is 0.795. The summed E-state index contributed by atoms with van der Waals surface area (Å²) in [6.45, 7) is 7.85. The maximum atomic E-state index is 13.9. The molecular formula is C30H34Cl2N6O. The molecule has 2 amide bonds. The second-order valence-electron chi connectivity index (χ2n) is 10.5. The van der Waals surface area contributed by atoms with Crippen molar-refractivity contribution in [2.24, 2.45) is 11.1 Å². The predicted molar refractivity (Wildman–Crippen MR) is 159 cm³/mol. The van der Waals surface area contributed by atoms with Gasteiger partial charge in [0.25, 0.3) is 0 Å². The second kappa shape index (κ2) is 12.6. The van der Waals surface area contributed by atoms with Gasteiger partial charge in [0.15, 0.2) is 0 Å². The van der Waals surface area contributed by atoms with Crippen LogP contribution in [-0.4, -0.2) is 38.6 Å². The van der Waals surface area contributed by atoms with Gasteiger partial charge in [-0.3, -0.25) is 0 Å². The lowest BCUT2D eigenvalue weighted by atomic mass is 9.84. The van der Waals surface area contributed by atoms with E-state index in [-0.39, 0.29) is 27.8 Å². The van der Waals surface area contributed by atoms with Crippen LogP contribution in [0.5, 0.6) is 0 Å². The number of aromatic nitrogens is 3. The van der Waals surface area contributed by atoms with Crippen molar-refractivity contribution in [1.82, 2.24) is 19.4 Å². The van der Waals surface area contributed by atoms with Gasteiger partial charge in [0, 0.05) is 30.5 Å². The highest BCUT2D eigenvalue weighted by atomic mass is 35.5. The summed E-state index contributed by atoms with van der Waals surface area (Å²) in [6, 6.07) is 22.8. The van der Waals surface area contributed by atoms with Crippen LogP contribution in [0.4, 0.5) is 10.5 Å². The molecule has 0 saturated carbocycles. The Labute approximate surface area is 240 Å². The van der Waals surface area contributed by atoms with Crippen molar-refractivity contribution in [2.45, 2.75) is 39.8 Å². The maximum Gasteiger partial charge on any atom is 0.322 e. The maximum absolute atomic E-state index is 13.9. The molecule has 1 atom stereocenters. The summed E-state index contributed by atoms with van der Waals surface area (Å²) in [5, 5.41) is 3.36. The molecule has 3 N–H and O–H groups in total. The molecule has 2 aromatic carbocycles. The Morgan fingerprint density at radius 2 is 1.62 bits per heavy atom. The quantitative estimate of drug-likeness (QED) is 0.209. The van der Waals surface area contributed by atoms with E-state index in [1.54, 1.807) is 12.1 Å². The largest absolute Gasteiger partial charge is 0.330 e. The molecule has 7 nitrogen and oxygen atoms in total. The smallest absolute Gasteiger partial charge is 0.322 e. The second-order valence-corrected chi connectivity index (χ2v) is 11.3. The molecule has 0 bridgehead atoms. The summed E-state index contributed by atoms with van der Waals surface area (Å²) in [5.41, 5.74) is 9.01. The van der Waals surface area contributed by atoms with Crippen molar-refractivity contribution in [3.63, 3.8) is 0 Å². The highest BCUT2D eigenvalue weighted by Gasteiger charge is 2.38. The van der Waals surface area contributed by atoms with Crippen LogP contribution in [0.15, 0.2) is 79.0 Å². The fraction of sp³-hybridized carbons (Fsp3) is 0.300. The van der Waals surface area contributed by atoms with Gasteiger partial charge in [0.05, 0.1) is 11.7 Å². The Morgan fingerprint density at radius 1 is 1.00 bits per heavy atom. The monoisotopic (exact) mass is 564 g/mol. The predicted octanol–water partition coefficient (Wildman–Crippen LogP) is 7.27. The van der Waals surface area contributed by atoms with Gasteiger partial charge < -0.3 is 20.5 Å². The van der Waals surface area contributed by atoms with E-state index >= 15 is 0 Å². The molecule has 0 radical (unpaired) electrons. The fourth-order valence-corrected chi connectivity index (χ4v) is 5.10. The molecule has 0 spiro atoms. The Bertz CT molecular complexity index is 1370. The van der Waals surface area contributed by atoms with Gasteiger partial charge in [0.1, 0.15) is 16.1 Å². The number of rotatable bonds is 9. The van der Waals surface area contributed by atoms with Crippen LogP contribution in [0.25, 0.3) is 11.3 Å². The highest BCUT2D eigenvalue weighted by Crippen LogP contribution is 2.39. The Hall–Kier alpha value is -3.39. The van der Waals surface area contributed by atoms with Gasteiger partial charge in [-0.15, -0.1) is 0 Å². The van der Waals surface area contributed by atoms with Crippen molar-refractivity contribution in [3.05, 3.63) is 101 Å². The molecule has 0 unspecified atom stereocenters. The number of carbonyl (C=O) groups is 1. The molecule has 0 aliphatic rings. The van der Waals surface area contributed by atoms with Crippen molar-refractivity contribution < 1.29 is 4.79 Å². The van der Waals surface area contributed by atoms with Crippen molar-refractivity contribution in [2.75, 3.05) is 18.4 Å². The molecule has 4 aromatic rings. The van der Waals surface area contributed by atoms with E-state index in [1.165, 1.54) is 0 Å². The molecular weight excluding hydrogens is 531 g/mol. The van der Waals surface area contributed by atoms with Crippen LogP contribution in [-0.2, 0) is 6.54 Å². The SMILES string of the molecule is CC(C)(C)[C@H](c1nc(-c2ccccc2)cn1Cc1ccccc1)N(CCCN)C(=O)Nc1cc(Cl)nc(Cl)c1. The van der Waals surface area contributed by atoms with E-state index in [0.29, 0.717) is 31.7 Å². The standard InChI is InChI=1S/C30H34Cl2N6O/c1-30(2,3)27(38(16-10-15-33)29(39)34-23-17-25(31)36-26(32)18-23)28-35-24(22-13-8-5-9-14-22)20-37(28)19-21-11-6-4-7-12-21/h4-9,11-14,17-18,20,27H,10,15-16,19,33H2,1-3H3,(H,34,36,39)/t27-/m0/s1. The first-order valence-electron chi connectivity index (χ1n) is 12.9. The third kappa shape index (κ3) is 7.38. The van der Waals surface area contributed by atoms with Crippen LogP contribution in [0, 0.1) is 5.41 Å². The van der Waals surface area contributed by atoms with E-state index in [0.717, 1.165) is 22.6 Å². The molecule has 0 aliphatic carbocycles. The summed E-state index contributed by atoms with van der Waals surface area (Å²) in [7, 11) is 0. The van der Waals surface area contributed by atoms with E-state index < -0.39 is 0 Å². The zero-order valence-corrected chi connectivity index (χ0v) is 24.0. The molecule has 0 fully saturated rings. The molecule has 9 heteroatoms.